The largest absolute Gasteiger partial charge is 0.392 e. The van der Waals surface area contributed by atoms with Gasteiger partial charge in [0.05, 0.1) is 9.87 Å². The molecule has 3 N–H and O–H groups in total. The van der Waals surface area contributed by atoms with E-state index in [1.807, 2.05) is 12.1 Å². The monoisotopic (exact) mass is 311 g/mol. The number of hydrogen-bond acceptors (Lipinski definition) is 4. The molecule has 1 amide bonds. The van der Waals surface area contributed by atoms with Crippen LogP contribution in [0.4, 0.5) is 0 Å². The third-order valence-corrected chi connectivity index (χ3v) is 4.89. The molecule has 1 saturated heterocycles. The third kappa shape index (κ3) is 4.26. The Morgan fingerprint density at radius 3 is 2.75 bits per heavy atom. The van der Waals surface area contributed by atoms with E-state index in [0.29, 0.717) is 11.5 Å². The third-order valence-electron chi connectivity index (χ3n) is 3.54. The number of carbonyl (C=O) groups excluding carboxylic acids is 1. The van der Waals surface area contributed by atoms with Crippen molar-refractivity contribution in [2.45, 2.75) is 32.2 Å². The topological polar surface area (TPSA) is 58.4 Å². The number of likely N-dealkylation sites (tertiary alicyclic amines) is 1. The van der Waals surface area contributed by atoms with Crippen LogP contribution in [0.2, 0.25) is 0 Å². The summed E-state index contributed by atoms with van der Waals surface area (Å²) < 4.78 is 0. The first-order valence-electron chi connectivity index (χ1n) is 6.98. The lowest BCUT2D eigenvalue weighted by Crippen LogP contribution is -2.46. The number of hydrogen-bond donors (Lipinski definition) is 2. The highest BCUT2D eigenvalue weighted by Crippen LogP contribution is 2.18. The maximum absolute atomic E-state index is 12.1. The summed E-state index contributed by atoms with van der Waals surface area (Å²) in [5.74, 6) is 0.0579. The SMILES string of the molecule is CCc1ccc(C(=O)NC2CCN(CC(N)=S)CC2)s1. The summed E-state index contributed by atoms with van der Waals surface area (Å²) in [5.41, 5.74) is 5.55. The molecule has 1 aromatic rings. The standard InChI is InChI=1S/C14H21N3OS2/c1-2-11-3-4-12(20-11)14(18)16-10-5-7-17(8-6-10)9-13(15)19/h3-4,10H,2,5-9H2,1H3,(H2,15,19)(H,16,18). The second kappa shape index (κ2) is 7.15. The molecule has 20 heavy (non-hydrogen) atoms. The van der Waals surface area contributed by atoms with E-state index in [1.165, 1.54) is 4.88 Å². The van der Waals surface area contributed by atoms with E-state index < -0.39 is 0 Å². The van der Waals surface area contributed by atoms with Crippen LogP contribution in [0.15, 0.2) is 12.1 Å². The van der Waals surface area contributed by atoms with Gasteiger partial charge in [-0.1, -0.05) is 19.1 Å². The van der Waals surface area contributed by atoms with Crippen LogP contribution in [0.5, 0.6) is 0 Å². The maximum atomic E-state index is 12.1. The Labute approximate surface area is 129 Å². The number of rotatable bonds is 5. The summed E-state index contributed by atoms with van der Waals surface area (Å²) in [6.07, 6.45) is 2.90. The van der Waals surface area contributed by atoms with Gasteiger partial charge in [-0.15, -0.1) is 11.3 Å². The van der Waals surface area contributed by atoms with Gasteiger partial charge in [0.1, 0.15) is 0 Å². The molecule has 1 aliphatic heterocycles. The summed E-state index contributed by atoms with van der Waals surface area (Å²) in [7, 11) is 0. The number of nitrogens with zero attached hydrogens (tertiary/aromatic N) is 1. The first-order valence-corrected chi connectivity index (χ1v) is 8.21. The van der Waals surface area contributed by atoms with Gasteiger partial charge in [-0.25, -0.2) is 0 Å². The molecule has 0 saturated carbocycles. The fraction of sp³-hybridized carbons (Fsp3) is 0.571. The molecule has 1 aliphatic rings. The number of amides is 1. The number of piperidine rings is 1. The van der Waals surface area contributed by atoms with Crippen molar-refractivity contribution in [2.75, 3.05) is 19.6 Å². The van der Waals surface area contributed by atoms with Crippen molar-refractivity contribution in [3.8, 4) is 0 Å². The van der Waals surface area contributed by atoms with Crippen molar-refractivity contribution in [1.82, 2.24) is 10.2 Å². The highest BCUT2D eigenvalue weighted by atomic mass is 32.1. The van der Waals surface area contributed by atoms with Gasteiger partial charge in [-0.2, -0.15) is 0 Å². The smallest absolute Gasteiger partial charge is 0.261 e. The van der Waals surface area contributed by atoms with Crippen molar-refractivity contribution in [2.24, 2.45) is 5.73 Å². The van der Waals surface area contributed by atoms with Crippen molar-refractivity contribution < 1.29 is 4.79 Å². The Balaban J connectivity index is 1.80. The Hall–Kier alpha value is -0.980. The highest BCUT2D eigenvalue weighted by Gasteiger charge is 2.21. The lowest BCUT2D eigenvalue weighted by Gasteiger charge is -2.31. The van der Waals surface area contributed by atoms with Crippen LogP contribution in [0, 0.1) is 0 Å². The van der Waals surface area contributed by atoms with Gasteiger partial charge in [0.2, 0.25) is 0 Å². The zero-order chi connectivity index (χ0) is 14.5. The van der Waals surface area contributed by atoms with Crippen molar-refractivity contribution in [3.63, 3.8) is 0 Å². The predicted octanol–water partition coefficient (Wildman–Crippen LogP) is 1.79. The fourth-order valence-electron chi connectivity index (χ4n) is 2.40. The zero-order valence-corrected chi connectivity index (χ0v) is 13.4. The molecule has 2 heterocycles. The van der Waals surface area contributed by atoms with Crippen molar-refractivity contribution in [1.29, 1.82) is 0 Å². The molecular weight excluding hydrogens is 290 g/mol. The average molecular weight is 311 g/mol. The molecule has 0 bridgehead atoms. The lowest BCUT2D eigenvalue weighted by molar-refractivity contribution is 0.0919. The lowest BCUT2D eigenvalue weighted by atomic mass is 10.0. The van der Waals surface area contributed by atoms with E-state index in [0.717, 1.165) is 37.2 Å². The van der Waals surface area contributed by atoms with Gasteiger partial charge in [0.25, 0.3) is 5.91 Å². The highest BCUT2D eigenvalue weighted by molar-refractivity contribution is 7.80. The van der Waals surface area contributed by atoms with Gasteiger partial charge in [0.15, 0.2) is 0 Å². The van der Waals surface area contributed by atoms with E-state index in [9.17, 15) is 4.79 Å². The zero-order valence-electron chi connectivity index (χ0n) is 11.7. The minimum Gasteiger partial charge on any atom is -0.392 e. The molecular formula is C14H21N3OS2. The number of nitrogens with two attached hydrogens (primary N) is 1. The average Bonchev–Trinajstić information content (AvgIpc) is 2.89. The van der Waals surface area contributed by atoms with Crippen LogP contribution in [0.25, 0.3) is 0 Å². The minimum atomic E-state index is 0.0579. The Morgan fingerprint density at radius 2 is 2.20 bits per heavy atom. The quantitative estimate of drug-likeness (QED) is 0.814. The van der Waals surface area contributed by atoms with Gasteiger partial charge >= 0.3 is 0 Å². The molecule has 6 heteroatoms. The van der Waals surface area contributed by atoms with Gasteiger partial charge < -0.3 is 11.1 Å². The van der Waals surface area contributed by atoms with E-state index in [-0.39, 0.29) is 11.9 Å². The molecule has 0 atom stereocenters. The number of aryl methyl sites for hydroxylation is 1. The summed E-state index contributed by atoms with van der Waals surface area (Å²) in [6, 6.07) is 4.21. The first-order chi connectivity index (χ1) is 9.58. The minimum absolute atomic E-state index is 0.0579. The van der Waals surface area contributed by atoms with Gasteiger partial charge in [-0.05, 0) is 31.4 Å². The summed E-state index contributed by atoms with van der Waals surface area (Å²) in [5, 5.41) is 3.13. The van der Waals surface area contributed by atoms with E-state index in [1.54, 1.807) is 11.3 Å². The van der Waals surface area contributed by atoms with Crippen LogP contribution in [0.1, 0.15) is 34.3 Å². The molecule has 0 aromatic carbocycles. The summed E-state index contributed by atoms with van der Waals surface area (Å²) in [6.45, 7) is 4.66. The second-order valence-corrected chi connectivity index (χ2v) is 6.80. The maximum Gasteiger partial charge on any atom is 0.261 e. The second-order valence-electron chi connectivity index (χ2n) is 5.11. The van der Waals surface area contributed by atoms with Crippen molar-refractivity contribution >= 4 is 34.5 Å². The molecule has 4 nitrogen and oxygen atoms in total. The van der Waals surface area contributed by atoms with E-state index in [2.05, 4.69) is 17.1 Å². The predicted molar refractivity (Wildman–Crippen MR) is 87.4 cm³/mol. The van der Waals surface area contributed by atoms with Crippen LogP contribution in [-0.4, -0.2) is 41.5 Å². The molecule has 0 unspecified atom stereocenters. The number of carbonyl (C=O) groups is 1. The Kier molecular flexibility index (Phi) is 5.51. The Bertz CT molecular complexity index is 479. The van der Waals surface area contributed by atoms with Crippen molar-refractivity contribution in [3.05, 3.63) is 21.9 Å². The first kappa shape index (κ1) is 15.4. The summed E-state index contributed by atoms with van der Waals surface area (Å²) >= 11 is 6.50. The van der Waals surface area contributed by atoms with Crippen LogP contribution < -0.4 is 11.1 Å². The molecule has 110 valence electrons. The van der Waals surface area contributed by atoms with Crippen LogP contribution in [-0.2, 0) is 6.42 Å². The molecule has 1 fully saturated rings. The Morgan fingerprint density at radius 1 is 1.50 bits per heavy atom. The molecule has 0 aliphatic carbocycles. The molecule has 1 aromatic heterocycles. The summed E-state index contributed by atoms with van der Waals surface area (Å²) in [4.78, 5) is 17.0. The normalized spacial score (nSPS) is 17.1. The molecule has 0 spiro atoms. The van der Waals surface area contributed by atoms with E-state index in [4.69, 9.17) is 18.0 Å². The number of thiocarbonyl (C=S) groups is 1. The number of thiophene rings is 1. The molecule has 2 rings (SSSR count). The number of nitrogens with one attached hydrogen (secondary N) is 1. The molecule has 0 radical (unpaired) electrons. The van der Waals surface area contributed by atoms with Gasteiger partial charge in [0, 0.05) is 30.6 Å². The van der Waals surface area contributed by atoms with Crippen LogP contribution >= 0.6 is 23.6 Å². The van der Waals surface area contributed by atoms with Gasteiger partial charge in [-0.3, -0.25) is 9.69 Å². The fourth-order valence-corrected chi connectivity index (χ4v) is 3.44. The van der Waals surface area contributed by atoms with Crippen LogP contribution in [0.3, 0.4) is 0 Å². The van der Waals surface area contributed by atoms with E-state index >= 15 is 0 Å².